The minimum atomic E-state index is -1.03. The first-order chi connectivity index (χ1) is 9.56. The molecule has 0 saturated carbocycles. The summed E-state index contributed by atoms with van der Waals surface area (Å²) in [5.74, 6) is -0.316. The Kier molecular flexibility index (Phi) is 5.11. The molecule has 4 N–H and O–H groups in total. The quantitative estimate of drug-likeness (QED) is 0.388. The van der Waals surface area contributed by atoms with Crippen molar-refractivity contribution in [1.29, 1.82) is 0 Å². The van der Waals surface area contributed by atoms with Crippen LogP contribution in [0, 0.1) is 0 Å². The molecule has 0 bridgehead atoms. The Labute approximate surface area is 121 Å². The average molecular weight is 301 g/mol. The highest BCUT2D eigenvalue weighted by Crippen LogP contribution is 2.33. The van der Waals surface area contributed by atoms with Gasteiger partial charge >= 0.3 is 12.0 Å². The van der Waals surface area contributed by atoms with Crippen LogP contribution >= 0.6 is 11.8 Å². The smallest absolute Gasteiger partial charge is 0.322 e. The molecule has 0 aliphatic carbocycles. The Balaban J connectivity index is 1.58. The molecule has 0 aromatic carbocycles. The van der Waals surface area contributed by atoms with Crippen molar-refractivity contribution in [2.45, 2.75) is 43.0 Å². The van der Waals surface area contributed by atoms with Crippen LogP contribution in [-0.2, 0) is 9.59 Å². The van der Waals surface area contributed by atoms with E-state index in [1.54, 1.807) is 0 Å². The van der Waals surface area contributed by atoms with Crippen LogP contribution in [-0.4, -0.2) is 52.6 Å². The summed E-state index contributed by atoms with van der Waals surface area (Å²) in [7, 11) is 0. The molecule has 112 valence electrons. The van der Waals surface area contributed by atoms with Gasteiger partial charge in [-0.1, -0.05) is 6.42 Å². The molecule has 0 radical (unpaired) electrons. The second kappa shape index (κ2) is 6.83. The number of urea groups is 1. The predicted molar refractivity (Wildman–Crippen MR) is 74.6 cm³/mol. The van der Waals surface area contributed by atoms with E-state index in [0.29, 0.717) is 11.7 Å². The van der Waals surface area contributed by atoms with Gasteiger partial charge in [0.25, 0.3) is 0 Å². The van der Waals surface area contributed by atoms with Gasteiger partial charge in [-0.05, 0) is 12.8 Å². The summed E-state index contributed by atoms with van der Waals surface area (Å²) in [6.45, 7) is -0.321. The number of carbonyl (C=O) groups excluding carboxylic acids is 2. The monoisotopic (exact) mass is 301 g/mol. The van der Waals surface area contributed by atoms with E-state index in [9.17, 15) is 14.4 Å². The van der Waals surface area contributed by atoms with Crippen molar-refractivity contribution in [2.75, 3.05) is 12.3 Å². The van der Waals surface area contributed by atoms with E-state index < -0.39 is 5.97 Å². The lowest BCUT2D eigenvalue weighted by molar-refractivity contribution is -0.137. The van der Waals surface area contributed by atoms with Crippen molar-refractivity contribution in [3.05, 3.63) is 0 Å². The third kappa shape index (κ3) is 4.03. The first-order valence-corrected chi connectivity index (χ1v) is 7.78. The number of hydrogen-bond acceptors (Lipinski definition) is 4. The molecule has 3 amide bonds. The van der Waals surface area contributed by atoms with Crippen molar-refractivity contribution in [2.24, 2.45) is 0 Å². The predicted octanol–water partition coefficient (Wildman–Crippen LogP) is -0.0870. The highest BCUT2D eigenvalue weighted by Gasteiger charge is 2.42. The summed E-state index contributed by atoms with van der Waals surface area (Å²) in [6, 6.07) is 0.350. The van der Waals surface area contributed by atoms with Crippen molar-refractivity contribution in [3.8, 4) is 0 Å². The maximum atomic E-state index is 11.3. The van der Waals surface area contributed by atoms with Crippen LogP contribution in [0.1, 0.15) is 25.7 Å². The van der Waals surface area contributed by atoms with Gasteiger partial charge in [0.15, 0.2) is 0 Å². The second-order valence-electron chi connectivity index (χ2n) is 5.04. The Bertz CT molecular complexity index is 404. The SMILES string of the molecule is O=C(O)CNC(=O)CCCC[C@@H]1SC[C@@H]2NC(=O)N[C@@H]21. The highest BCUT2D eigenvalue weighted by molar-refractivity contribution is 8.00. The van der Waals surface area contributed by atoms with Gasteiger partial charge in [-0.2, -0.15) is 11.8 Å². The molecule has 20 heavy (non-hydrogen) atoms. The Hall–Kier alpha value is -1.44. The van der Waals surface area contributed by atoms with Gasteiger partial charge in [0.2, 0.25) is 5.91 Å². The Morgan fingerprint density at radius 2 is 2.15 bits per heavy atom. The van der Waals surface area contributed by atoms with E-state index in [4.69, 9.17) is 5.11 Å². The lowest BCUT2D eigenvalue weighted by atomic mass is 10.0. The number of hydrogen-bond donors (Lipinski definition) is 4. The van der Waals surface area contributed by atoms with Gasteiger partial charge in [0.1, 0.15) is 6.54 Å². The molecule has 2 saturated heterocycles. The molecule has 2 rings (SSSR count). The molecule has 7 nitrogen and oxygen atoms in total. The minimum Gasteiger partial charge on any atom is -0.480 e. The fourth-order valence-electron chi connectivity index (χ4n) is 2.54. The number of carbonyl (C=O) groups is 3. The average Bonchev–Trinajstić information content (AvgIpc) is 2.92. The summed E-state index contributed by atoms with van der Waals surface area (Å²) in [5.41, 5.74) is 0. The minimum absolute atomic E-state index is 0.0849. The topological polar surface area (TPSA) is 108 Å². The van der Waals surface area contributed by atoms with Crippen LogP contribution in [0.3, 0.4) is 0 Å². The zero-order chi connectivity index (χ0) is 14.5. The van der Waals surface area contributed by atoms with Crippen molar-refractivity contribution < 1.29 is 19.5 Å². The van der Waals surface area contributed by atoms with Gasteiger partial charge in [-0.3, -0.25) is 9.59 Å². The van der Waals surface area contributed by atoms with Crippen LogP contribution in [0.4, 0.5) is 4.79 Å². The number of unbranched alkanes of at least 4 members (excludes halogenated alkanes) is 1. The largest absolute Gasteiger partial charge is 0.480 e. The van der Waals surface area contributed by atoms with Gasteiger partial charge in [0.05, 0.1) is 12.1 Å². The van der Waals surface area contributed by atoms with Gasteiger partial charge in [-0.15, -0.1) is 0 Å². The lowest BCUT2D eigenvalue weighted by Gasteiger charge is -2.16. The standard InChI is InChI=1S/C12H19N3O4S/c16-9(13-5-10(17)18)4-2-1-3-8-11-7(6-20-8)14-12(19)15-11/h7-8,11H,1-6H2,(H,13,16)(H,17,18)(H2,14,15,19)/t7-,8-,11-/m0/s1. The molecule has 2 aliphatic heterocycles. The molecule has 3 atom stereocenters. The number of rotatable bonds is 7. The molecule has 0 unspecified atom stereocenters. The summed E-state index contributed by atoms with van der Waals surface area (Å²) in [6.07, 6.45) is 2.95. The van der Waals surface area contributed by atoms with E-state index in [1.165, 1.54) is 0 Å². The number of carboxylic acids is 1. The second-order valence-corrected chi connectivity index (χ2v) is 6.31. The number of aliphatic carboxylic acids is 1. The number of amides is 3. The maximum Gasteiger partial charge on any atom is 0.322 e. The van der Waals surface area contributed by atoms with Crippen LogP contribution < -0.4 is 16.0 Å². The lowest BCUT2D eigenvalue weighted by Crippen LogP contribution is -2.36. The van der Waals surface area contributed by atoms with Gasteiger partial charge < -0.3 is 21.1 Å². The molecule has 8 heteroatoms. The molecule has 2 heterocycles. The molecule has 0 spiro atoms. The van der Waals surface area contributed by atoms with E-state index in [0.717, 1.165) is 25.0 Å². The zero-order valence-corrected chi connectivity index (χ0v) is 11.9. The molecule has 2 aliphatic rings. The number of fused-ring (bicyclic) bond motifs is 1. The van der Waals surface area contributed by atoms with Crippen LogP contribution in [0.5, 0.6) is 0 Å². The van der Waals surface area contributed by atoms with Crippen LogP contribution in [0.25, 0.3) is 0 Å². The zero-order valence-electron chi connectivity index (χ0n) is 11.1. The Morgan fingerprint density at radius 1 is 1.35 bits per heavy atom. The number of thioether (sulfide) groups is 1. The fraction of sp³-hybridized carbons (Fsp3) is 0.750. The van der Waals surface area contributed by atoms with Crippen molar-refractivity contribution in [1.82, 2.24) is 16.0 Å². The first-order valence-electron chi connectivity index (χ1n) is 6.73. The Morgan fingerprint density at radius 3 is 2.90 bits per heavy atom. The number of nitrogens with one attached hydrogen (secondary N) is 3. The molecule has 0 aromatic rings. The van der Waals surface area contributed by atoms with Crippen molar-refractivity contribution >= 4 is 29.7 Å². The summed E-state index contributed by atoms with van der Waals surface area (Å²) >= 11 is 1.85. The summed E-state index contributed by atoms with van der Waals surface area (Å²) in [5, 5.41) is 17.0. The van der Waals surface area contributed by atoms with Crippen molar-refractivity contribution in [3.63, 3.8) is 0 Å². The third-order valence-electron chi connectivity index (χ3n) is 3.52. The first kappa shape index (κ1) is 15.0. The van der Waals surface area contributed by atoms with E-state index in [-0.39, 0.29) is 30.6 Å². The molecule has 0 aromatic heterocycles. The van der Waals surface area contributed by atoms with Crippen LogP contribution in [0.2, 0.25) is 0 Å². The van der Waals surface area contributed by atoms with Crippen LogP contribution in [0.15, 0.2) is 0 Å². The maximum absolute atomic E-state index is 11.3. The number of carboxylic acid groups (broad SMARTS) is 1. The molecular formula is C12H19N3O4S. The fourth-order valence-corrected chi connectivity index (χ4v) is 4.08. The van der Waals surface area contributed by atoms with Gasteiger partial charge in [0, 0.05) is 17.4 Å². The normalized spacial score (nSPS) is 27.6. The third-order valence-corrected chi connectivity index (χ3v) is 5.03. The van der Waals surface area contributed by atoms with E-state index >= 15 is 0 Å². The van der Waals surface area contributed by atoms with Gasteiger partial charge in [-0.25, -0.2) is 4.79 Å². The van der Waals surface area contributed by atoms with E-state index in [2.05, 4.69) is 16.0 Å². The summed E-state index contributed by atoms with van der Waals surface area (Å²) < 4.78 is 0. The summed E-state index contributed by atoms with van der Waals surface area (Å²) in [4.78, 5) is 32.8. The molecule has 2 fully saturated rings. The van der Waals surface area contributed by atoms with E-state index in [1.807, 2.05) is 11.8 Å². The highest BCUT2D eigenvalue weighted by atomic mass is 32.2. The molecular weight excluding hydrogens is 282 g/mol.